The van der Waals surface area contributed by atoms with Gasteiger partial charge in [-0.3, -0.25) is 0 Å². The molecule has 0 radical (unpaired) electrons. The van der Waals surface area contributed by atoms with Gasteiger partial charge in [-0.05, 0) is 55.5 Å². The second-order valence-corrected chi connectivity index (χ2v) is 8.69. The molecule has 1 fully saturated rings. The molecule has 0 unspecified atom stereocenters. The minimum Gasteiger partial charge on any atom is -0.487 e. The summed E-state index contributed by atoms with van der Waals surface area (Å²) in [5, 5.41) is 14.1. The van der Waals surface area contributed by atoms with Crippen LogP contribution in [0.15, 0.2) is 36.0 Å². The molecule has 1 aliphatic rings. The standard InChI is InChI=1S/C19H22N6O3S/c1-19(2,3)28-18(26)24-8-13(9-24)17-21-14(11-29-17)10-27-16-6-4-15(5-7-16)25-12-20-22-23-25/h4-7,11-13H,8-10H2,1-3H3. The van der Waals surface area contributed by atoms with Crippen LogP contribution in [-0.2, 0) is 11.3 Å². The van der Waals surface area contributed by atoms with Crippen LogP contribution in [0.2, 0.25) is 0 Å². The summed E-state index contributed by atoms with van der Waals surface area (Å²) >= 11 is 1.60. The van der Waals surface area contributed by atoms with Crippen LogP contribution in [0.25, 0.3) is 5.69 Å². The molecular formula is C19H22N6O3S. The van der Waals surface area contributed by atoms with Crippen molar-refractivity contribution in [3.8, 4) is 11.4 Å². The maximum atomic E-state index is 12.0. The van der Waals surface area contributed by atoms with E-state index in [0.29, 0.717) is 19.7 Å². The van der Waals surface area contributed by atoms with Crippen LogP contribution in [0.1, 0.15) is 37.4 Å². The molecule has 0 aliphatic carbocycles. The third-order valence-electron chi connectivity index (χ3n) is 4.29. The van der Waals surface area contributed by atoms with Gasteiger partial charge in [0.05, 0.1) is 16.4 Å². The van der Waals surface area contributed by atoms with E-state index in [4.69, 9.17) is 9.47 Å². The molecule has 1 aliphatic heterocycles. The van der Waals surface area contributed by atoms with Crippen molar-refractivity contribution in [1.29, 1.82) is 0 Å². The molecule has 3 heterocycles. The largest absolute Gasteiger partial charge is 0.487 e. The lowest BCUT2D eigenvalue weighted by Crippen LogP contribution is -2.50. The van der Waals surface area contributed by atoms with Gasteiger partial charge >= 0.3 is 6.09 Å². The van der Waals surface area contributed by atoms with Crippen molar-refractivity contribution >= 4 is 17.4 Å². The number of aromatic nitrogens is 5. The average molecular weight is 414 g/mol. The zero-order valence-corrected chi connectivity index (χ0v) is 17.3. The number of thiazole rings is 1. The van der Waals surface area contributed by atoms with Crippen molar-refractivity contribution in [3.63, 3.8) is 0 Å². The Bertz CT molecular complexity index is 959. The average Bonchev–Trinajstić information content (AvgIpc) is 3.30. The fourth-order valence-corrected chi connectivity index (χ4v) is 3.71. The molecule has 1 amide bonds. The fourth-order valence-electron chi connectivity index (χ4n) is 2.82. The number of rotatable bonds is 5. The Kier molecular flexibility index (Phi) is 5.18. The summed E-state index contributed by atoms with van der Waals surface area (Å²) in [5.74, 6) is 1.01. The predicted molar refractivity (Wildman–Crippen MR) is 106 cm³/mol. The number of nitrogens with zero attached hydrogens (tertiary/aromatic N) is 6. The molecule has 0 N–H and O–H groups in total. The SMILES string of the molecule is CC(C)(C)OC(=O)N1CC(c2nc(COc3ccc(-n4cnnn4)cc3)cs2)C1. The molecule has 0 saturated carbocycles. The molecule has 29 heavy (non-hydrogen) atoms. The number of likely N-dealkylation sites (tertiary alicyclic amines) is 1. The predicted octanol–water partition coefficient (Wildman–Crippen LogP) is 3.03. The highest BCUT2D eigenvalue weighted by Gasteiger charge is 2.36. The van der Waals surface area contributed by atoms with Gasteiger partial charge in [0.15, 0.2) is 0 Å². The number of carbonyl (C=O) groups is 1. The van der Waals surface area contributed by atoms with Crippen LogP contribution in [-0.4, -0.2) is 54.9 Å². The van der Waals surface area contributed by atoms with E-state index in [1.807, 2.05) is 50.4 Å². The number of tetrazole rings is 1. The van der Waals surface area contributed by atoms with Gasteiger partial charge in [-0.2, -0.15) is 0 Å². The zero-order chi connectivity index (χ0) is 20.4. The van der Waals surface area contributed by atoms with E-state index < -0.39 is 5.60 Å². The van der Waals surface area contributed by atoms with Gasteiger partial charge in [0.1, 0.15) is 24.3 Å². The van der Waals surface area contributed by atoms with Crippen molar-refractivity contribution in [1.82, 2.24) is 30.1 Å². The molecule has 0 bridgehead atoms. The topological polar surface area (TPSA) is 95.3 Å². The Balaban J connectivity index is 1.27. The molecule has 0 atom stereocenters. The van der Waals surface area contributed by atoms with Crippen LogP contribution in [0, 0.1) is 0 Å². The van der Waals surface area contributed by atoms with Gasteiger partial charge < -0.3 is 14.4 Å². The summed E-state index contributed by atoms with van der Waals surface area (Å²) in [7, 11) is 0. The number of benzene rings is 1. The van der Waals surface area contributed by atoms with Gasteiger partial charge in [-0.15, -0.1) is 16.4 Å². The summed E-state index contributed by atoms with van der Waals surface area (Å²) in [6, 6.07) is 7.51. The number of carbonyl (C=O) groups excluding carboxylic acids is 1. The quantitative estimate of drug-likeness (QED) is 0.633. The van der Waals surface area contributed by atoms with E-state index in [9.17, 15) is 4.79 Å². The van der Waals surface area contributed by atoms with E-state index in [2.05, 4.69) is 20.5 Å². The first kappa shape index (κ1) is 19.3. The van der Waals surface area contributed by atoms with Crippen molar-refractivity contribution < 1.29 is 14.3 Å². The van der Waals surface area contributed by atoms with E-state index in [0.717, 1.165) is 22.1 Å². The van der Waals surface area contributed by atoms with Crippen LogP contribution >= 0.6 is 11.3 Å². The van der Waals surface area contributed by atoms with Crippen LogP contribution < -0.4 is 4.74 Å². The first-order valence-corrected chi connectivity index (χ1v) is 10.1. The lowest BCUT2D eigenvalue weighted by atomic mass is 10.0. The molecule has 1 saturated heterocycles. The van der Waals surface area contributed by atoms with Crippen LogP contribution in [0.5, 0.6) is 5.75 Å². The molecule has 2 aromatic heterocycles. The lowest BCUT2D eigenvalue weighted by molar-refractivity contribution is 0.00816. The zero-order valence-electron chi connectivity index (χ0n) is 16.5. The first-order valence-electron chi connectivity index (χ1n) is 9.26. The third-order valence-corrected chi connectivity index (χ3v) is 5.35. The van der Waals surface area contributed by atoms with E-state index in [1.54, 1.807) is 20.9 Å². The monoisotopic (exact) mass is 414 g/mol. The summed E-state index contributed by atoms with van der Waals surface area (Å²) in [6.07, 6.45) is 1.27. The Hall–Kier alpha value is -3.01. The van der Waals surface area contributed by atoms with Crippen LogP contribution in [0.4, 0.5) is 4.79 Å². The maximum Gasteiger partial charge on any atom is 0.410 e. The minimum absolute atomic E-state index is 0.261. The Morgan fingerprint density at radius 3 is 2.66 bits per heavy atom. The number of hydrogen-bond donors (Lipinski definition) is 0. The van der Waals surface area contributed by atoms with Gasteiger partial charge in [0.25, 0.3) is 0 Å². The first-order chi connectivity index (χ1) is 13.9. The molecule has 3 aromatic rings. The van der Waals surface area contributed by atoms with Crippen LogP contribution in [0.3, 0.4) is 0 Å². The lowest BCUT2D eigenvalue weighted by Gasteiger charge is -2.38. The second-order valence-electron chi connectivity index (χ2n) is 7.80. The molecule has 10 heteroatoms. The van der Waals surface area contributed by atoms with Crippen molar-refractivity contribution in [2.75, 3.05) is 13.1 Å². The molecule has 9 nitrogen and oxygen atoms in total. The number of hydrogen-bond acceptors (Lipinski definition) is 8. The second kappa shape index (κ2) is 7.78. The van der Waals surface area contributed by atoms with Crippen molar-refractivity contribution in [2.24, 2.45) is 0 Å². The fraction of sp³-hybridized carbons (Fsp3) is 0.421. The molecule has 152 valence electrons. The van der Waals surface area contributed by atoms with Gasteiger partial charge in [0, 0.05) is 24.4 Å². The highest BCUT2D eigenvalue weighted by molar-refractivity contribution is 7.09. The van der Waals surface area contributed by atoms with Gasteiger partial charge in [0.2, 0.25) is 0 Å². The molecule has 1 aromatic carbocycles. The third kappa shape index (κ3) is 4.70. The van der Waals surface area contributed by atoms with Crippen molar-refractivity contribution in [3.05, 3.63) is 46.7 Å². The normalized spacial score (nSPS) is 14.5. The number of ether oxygens (including phenoxy) is 2. The minimum atomic E-state index is -0.474. The highest BCUT2D eigenvalue weighted by atomic mass is 32.1. The summed E-state index contributed by atoms with van der Waals surface area (Å²) in [4.78, 5) is 18.4. The summed E-state index contributed by atoms with van der Waals surface area (Å²) in [6.45, 7) is 7.28. The van der Waals surface area contributed by atoms with E-state index in [-0.39, 0.29) is 12.0 Å². The summed E-state index contributed by atoms with van der Waals surface area (Å²) < 4.78 is 12.8. The van der Waals surface area contributed by atoms with Gasteiger partial charge in [-0.25, -0.2) is 14.5 Å². The maximum absolute atomic E-state index is 12.0. The van der Waals surface area contributed by atoms with E-state index in [1.165, 1.54) is 6.33 Å². The molecular weight excluding hydrogens is 392 g/mol. The number of amides is 1. The van der Waals surface area contributed by atoms with Crippen molar-refractivity contribution in [2.45, 2.75) is 38.9 Å². The Morgan fingerprint density at radius 2 is 2.00 bits per heavy atom. The van der Waals surface area contributed by atoms with E-state index >= 15 is 0 Å². The molecule has 4 rings (SSSR count). The van der Waals surface area contributed by atoms with Gasteiger partial charge in [-0.1, -0.05) is 0 Å². The molecule has 0 spiro atoms. The highest BCUT2D eigenvalue weighted by Crippen LogP contribution is 2.30. The Morgan fingerprint density at radius 1 is 1.24 bits per heavy atom. The smallest absolute Gasteiger partial charge is 0.410 e. The Labute approximate surface area is 172 Å². The summed E-state index contributed by atoms with van der Waals surface area (Å²) in [5.41, 5.74) is 1.26.